The van der Waals surface area contributed by atoms with Crippen molar-refractivity contribution in [2.45, 2.75) is 58.0 Å². The van der Waals surface area contributed by atoms with E-state index in [9.17, 15) is 19.2 Å². The predicted octanol–water partition coefficient (Wildman–Crippen LogP) is 0.239. The summed E-state index contributed by atoms with van der Waals surface area (Å²) in [5.41, 5.74) is -0.588. The summed E-state index contributed by atoms with van der Waals surface area (Å²) in [4.78, 5) is 53.9. The largest absolute Gasteiger partial charge is 0.343 e. The molecule has 0 radical (unpaired) electrons. The minimum Gasteiger partial charge on any atom is -0.343 e. The minimum absolute atomic E-state index is 0.0738. The first-order valence-electron chi connectivity index (χ1n) is 9.33. The zero-order valence-corrected chi connectivity index (χ0v) is 15.2. The number of hydrogen-bond acceptors (Lipinski definition) is 4. The highest BCUT2D eigenvalue weighted by atomic mass is 16.2. The number of H-pyrrole nitrogens is 1. The van der Waals surface area contributed by atoms with E-state index in [1.165, 1.54) is 10.8 Å². The van der Waals surface area contributed by atoms with Gasteiger partial charge >= 0.3 is 5.69 Å². The molecule has 0 spiro atoms. The van der Waals surface area contributed by atoms with E-state index >= 15 is 0 Å². The quantitative estimate of drug-likeness (QED) is 0.812. The van der Waals surface area contributed by atoms with Gasteiger partial charge in [-0.2, -0.15) is 0 Å². The van der Waals surface area contributed by atoms with Gasteiger partial charge in [0.05, 0.1) is 0 Å². The van der Waals surface area contributed by atoms with Gasteiger partial charge in [-0.15, -0.1) is 0 Å². The third-order valence-corrected chi connectivity index (χ3v) is 5.35. The number of rotatable bonds is 5. The van der Waals surface area contributed by atoms with Crippen molar-refractivity contribution >= 4 is 11.8 Å². The molecule has 3 heterocycles. The summed E-state index contributed by atoms with van der Waals surface area (Å²) < 4.78 is 1.26. The second kappa shape index (κ2) is 7.88. The maximum atomic E-state index is 12.8. The van der Waals surface area contributed by atoms with Gasteiger partial charge in [0.2, 0.25) is 11.8 Å². The normalized spacial score (nSPS) is 20.7. The summed E-state index contributed by atoms with van der Waals surface area (Å²) >= 11 is 0. The fourth-order valence-electron chi connectivity index (χ4n) is 3.85. The standard InChI is InChI=1S/C18H26N4O4/c1-13-11-21(18(26)19-17(13)25)12-16(24)22-9-3-2-5-14(22)7-10-20-8-4-6-15(20)23/h11,14H,2-10,12H2,1H3,(H,19,25,26). The molecule has 2 fully saturated rings. The number of nitrogens with zero attached hydrogens (tertiary/aromatic N) is 3. The molecule has 1 aromatic heterocycles. The smallest absolute Gasteiger partial charge is 0.328 e. The Hall–Kier alpha value is -2.38. The fourth-order valence-corrected chi connectivity index (χ4v) is 3.85. The Bertz CT molecular complexity index is 797. The molecule has 3 rings (SSSR count). The molecule has 0 aromatic carbocycles. The number of piperidine rings is 1. The first-order valence-corrected chi connectivity index (χ1v) is 9.33. The number of hydrogen-bond donors (Lipinski definition) is 1. The predicted molar refractivity (Wildman–Crippen MR) is 95.8 cm³/mol. The molecule has 1 atom stereocenters. The van der Waals surface area contributed by atoms with E-state index in [1.54, 1.807) is 6.92 Å². The first-order chi connectivity index (χ1) is 12.5. The van der Waals surface area contributed by atoms with Crippen molar-refractivity contribution < 1.29 is 9.59 Å². The van der Waals surface area contributed by atoms with Gasteiger partial charge in [0.25, 0.3) is 5.56 Å². The van der Waals surface area contributed by atoms with Crippen LogP contribution < -0.4 is 11.2 Å². The molecule has 0 saturated carbocycles. The Kier molecular flexibility index (Phi) is 5.58. The van der Waals surface area contributed by atoms with Gasteiger partial charge in [0, 0.05) is 43.9 Å². The lowest BCUT2D eigenvalue weighted by Gasteiger charge is -2.36. The lowest BCUT2D eigenvalue weighted by atomic mass is 9.99. The van der Waals surface area contributed by atoms with Crippen molar-refractivity contribution in [3.8, 4) is 0 Å². The van der Waals surface area contributed by atoms with E-state index in [0.29, 0.717) is 25.1 Å². The summed E-state index contributed by atoms with van der Waals surface area (Å²) in [5.74, 6) is 0.0879. The molecule has 1 aromatic rings. The molecule has 2 saturated heterocycles. The van der Waals surface area contributed by atoms with E-state index in [2.05, 4.69) is 4.98 Å². The summed E-state index contributed by atoms with van der Waals surface area (Å²) in [6, 6.07) is 0.101. The van der Waals surface area contributed by atoms with Crippen LogP contribution in [0.1, 0.15) is 44.1 Å². The highest BCUT2D eigenvalue weighted by Crippen LogP contribution is 2.21. The number of carbonyl (C=O) groups is 2. The number of likely N-dealkylation sites (tertiary alicyclic amines) is 2. The number of nitrogens with one attached hydrogen (secondary N) is 1. The van der Waals surface area contributed by atoms with E-state index in [4.69, 9.17) is 0 Å². The van der Waals surface area contributed by atoms with Crippen molar-refractivity contribution in [3.63, 3.8) is 0 Å². The van der Waals surface area contributed by atoms with E-state index in [0.717, 1.165) is 38.6 Å². The molecular formula is C18H26N4O4. The van der Waals surface area contributed by atoms with Crippen LogP contribution in [-0.2, 0) is 16.1 Å². The summed E-state index contributed by atoms with van der Waals surface area (Å²) in [6.07, 6.45) is 6.69. The topological polar surface area (TPSA) is 95.5 Å². The number of aromatic amines is 1. The van der Waals surface area contributed by atoms with Gasteiger partial charge in [-0.3, -0.25) is 23.9 Å². The Morgan fingerprint density at radius 1 is 1.19 bits per heavy atom. The van der Waals surface area contributed by atoms with E-state index in [1.807, 2.05) is 9.80 Å². The lowest BCUT2D eigenvalue weighted by Crippen LogP contribution is -2.47. The number of carbonyl (C=O) groups excluding carboxylic acids is 2. The van der Waals surface area contributed by atoms with Crippen LogP contribution in [0.4, 0.5) is 0 Å². The Morgan fingerprint density at radius 3 is 2.73 bits per heavy atom. The van der Waals surface area contributed by atoms with E-state index < -0.39 is 11.2 Å². The molecule has 142 valence electrons. The van der Waals surface area contributed by atoms with Gasteiger partial charge in [0.15, 0.2) is 0 Å². The third-order valence-electron chi connectivity index (χ3n) is 5.35. The van der Waals surface area contributed by atoms with Crippen LogP contribution in [0.15, 0.2) is 15.8 Å². The van der Waals surface area contributed by atoms with Gasteiger partial charge < -0.3 is 9.80 Å². The number of aromatic nitrogens is 2. The molecule has 1 N–H and O–H groups in total. The van der Waals surface area contributed by atoms with Crippen LogP contribution >= 0.6 is 0 Å². The molecule has 2 amide bonds. The van der Waals surface area contributed by atoms with Crippen LogP contribution in [0.25, 0.3) is 0 Å². The van der Waals surface area contributed by atoms with Crippen LogP contribution in [-0.4, -0.2) is 56.8 Å². The highest BCUT2D eigenvalue weighted by molar-refractivity contribution is 5.78. The maximum absolute atomic E-state index is 12.8. The van der Waals surface area contributed by atoms with Crippen LogP contribution in [0.2, 0.25) is 0 Å². The van der Waals surface area contributed by atoms with Gasteiger partial charge in [-0.05, 0) is 39.0 Å². The summed E-state index contributed by atoms with van der Waals surface area (Å²) in [6.45, 7) is 3.71. The molecule has 2 aliphatic rings. The molecule has 0 bridgehead atoms. The third kappa shape index (κ3) is 4.05. The van der Waals surface area contributed by atoms with Crippen LogP contribution in [0, 0.1) is 6.92 Å². The van der Waals surface area contributed by atoms with Gasteiger partial charge in [0.1, 0.15) is 6.54 Å². The number of aryl methyl sites for hydroxylation is 1. The van der Waals surface area contributed by atoms with Crippen molar-refractivity contribution in [2.75, 3.05) is 19.6 Å². The second-order valence-electron chi connectivity index (χ2n) is 7.21. The Morgan fingerprint density at radius 2 is 2.00 bits per heavy atom. The van der Waals surface area contributed by atoms with Crippen molar-refractivity contribution in [1.29, 1.82) is 0 Å². The zero-order chi connectivity index (χ0) is 18.7. The minimum atomic E-state index is -0.565. The molecule has 8 heteroatoms. The van der Waals surface area contributed by atoms with Gasteiger partial charge in [-0.1, -0.05) is 0 Å². The van der Waals surface area contributed by atoms with Crippen LogP contribution in [0.3, 0.4) is 0 Å². The molecule has 2 aliphatic heterocycles. The second-order valence-corrected chi connectivity index (χ2v) is 7.21. The summed E-state index contributed by atoms with van der Waals surface area (Å²) in [7, 11) is 0. The average molecular weight is 362 g/mol. The van der Waals surface area contributed by atoms with Gasteiger partial charge in [-0.25, -0.2) is 4.79 Å². The SMILES string of the molecule is Cc1cn(CC(=O)N2CCCCC2CCN2CCCC2=O)c(=O)[nH]c1=O. The van der Waals surface area contributed by atoms with Crippen molar-refractivity contribution in [2.24, 2.45) is 0 Å². The monoisotopic (exact) mass is 362 g/mol. The number of amides is 2. The van der Waals surface area contributed by atoms with E-state index in [-0.39, 0.29) is 24.4 Å². The van der Waals surface area contributed by atoms with Crippen molar-refractivity contribution in [3.05, 3.63) is 32.6 Å². The Balaban J connectivity index is 1.66. The zero-order valence-electron chi connectivity index (χ0n) is 15.2. The maximum Gasteiger partial charge on any atom is 0.328 e. The van der Waals surface area contributed by atoms with Crippen LogP contribution in [0.5, 0.6) is 0 Å². The average Bonchev–Trinajstić information content (AvgIpc) is 3.03. The molecule has 26 heavy (non-hydrogen) atoms. The lowest BCUT2D eigenvalue weighted by molar-refractivity contribution is -0.136. The Labute approximate surface area is 151 Å². The van der Waals surface area contributed by atoms with Crippen molar-refractivity contribution in [1.82, 2.24) is 19.4 Å². The molecule has 0 aliphatic carbocycles. The summed E-state index contributed by atoms with van der Waals surface area (Å²) in [5, 5.41) is 0. The molecule has 8 nitrogen and oxygen atoms in total. The first kappa shape index (κ1) is 18.4. The fraction of sp³-hybridized carbons (Fsp3) is 0.667. The highest BCUT2D eigenvalue weighted by Gasteiger charge is 2.28. The molecule has 1 unspecified atom stereocenters. The molecular weight excluding hydrogens is 336 g/mol.